The topological polar surface area (TPSA) is 75.1 Å². The van der Waals surface area contributed by atoms with Crippen molar-refractivity contribution in [2.45, 2.75) is 45.7 Å². The fraction of sp³-hybridized carbons (Fsp3) is 0.375. The van der Waals surface area contributed by atoms with Crippen molar-refractivity contribution in [3.63, 3.8) is 0 Å². The molecule has 31 heavy (non-hydrogen) atoms. The maximum absolute atomic E-state index is 12.7. The van der Waals surface area contributed by atoms with E-state index in [1.165, 1.54) is 12.8 Å². The monoisotopic (exact) mass is 418 g/mol. The van der Waals surface area contributed by atoms with Crippen molar-refractivity contribution in [3.05, 3.63) is 71.5 Å². The lowest BCUT2D eigenvalue weighted by atomic mass is 10.1. The predicted molar refractivity (Wildman–Crippen MR) is 123 cm³/mol. The molecule has 162 valence electrons. The van der Waals surface area contributed by atoms with Crippen molar-refractivity contribution in [2.75, 3.05) is 23.3 Å². The van der Waals surface area contributed by atoms with Crippen LogP contribution < -0.4 is 15.5 Å². The number of nitrogens with zero attached hydrogens (tertiary/aromatic N) is 4. The molecule has 3 heterocycles. The zero-order valence-corrected chi connectivity index (χ0v) is 18.2. The van der Waals surface area contributed by atoms with Crippen molar-refractivity contribution < 1.29 is 4.79 Å². The molecule has 0 saturated carbocycles. The number of urea groups is 1. The highest BCUT2D eigenvalue weighted by Crippen LogP contribution is 2.22. The fourth-order valence-corrected chi connectivity index (χ4v) is 3.81. The summed E-state index contributed by atoms with van der Waals surface area (Å²) in [7, 11) is 0. The van der Waals surface area contributed by atoms with Crippen LogP contribution in [0.4, 0.5) is 16.4 Å². The van der Waals surface area contributed by atoms with Gasteiger partial charge in [0.25, 0.3) is 0 Å². The van der Waals surface area contributed by atoms with Gasteiger partial charge in [-0.15, -0.1) is 0 Å². The molecule has 0 atom stereocenters. The summed E-state index contributed by atoms with van der Waals surface area (Å²) in [6.07, 6.45) is 4.19. The van der Waals surface area contributed by atoms with Crippen molar-refractivity contribution in [1.29, 1.82) is 0 Å². The van der Waals surface area contributed by atoms with Crippen LogP contribution in [0.3, 0.4) is 0 Å². The molecule has 0 unspecified atom stereocenters. The lowest BCUT2D eigenvalue weighted by Gasteiger charge is -2.20. The first-order chi connectivity index (χ1) is 15.1. The van der Waals surface area contributed by atoms with E-state index in [9.17, 15) is 4.79 Å². The molecular weight excluding hydrogens is 388 g/mol. The van der Waals surface area contributed by atoms with E-state index in [2.05, 4.69) is 46.5 Å². The van der Waals surface area contributed by atoms with Crippen LogP contribution in [0.25, 0.3) is 0 Å². The SMILES string of the molecule is CC(C)c1cc(NC(=O)NCc2cccnc2N2CCCC2)n(Cc2ccccc2)n1. The van der Waals surface area contributed by atoms with E-state index in [1.807, 2.05) is 47.3 Å². The van der Waals surface area contributed by atoms with Crippen LogP contribution in [0.1, 0.15) is 49.4 Å². The van der Waals surface area contributed by atoms with Crippen LogP contribution in [0.5, 0.6) is 0 Å². The molecule has 2 aromatic heterocycles. The Morgan fingerprint density at radius 2 is 1.87 bits per heavy atom. The highest BCUT2D eigenvalue weighted by atomic mass is 16.2. The summed E-state index contributed by atoms with van der Waals surface area (Å²) in [5, 5.41) is 10.7. The summed E-state index contributed by atoms with van der Waals surface area (Å²) in [6, 6.07) is 15.8. The third-order valence-corrected chi connectivity index (χ3v) is 5.52. The molecule has 0 aliphatic carbocycles. The molecule has 1 aliphatic heterocycles. The van der Waals surface area contributed by atoms with E-state index in [4.69, 9.17) is 5.10 Å². The average Bonchev–Trinajstić information content (AvgIpc) is 3.44. The number of rotatable bonds is 7. The number of anilines is 2. The third kappa shape index (κ3) is 5.23. The summed E-state index contributed by atoms with van der Waals surface area (Å²) >= 11 is 0. The van der Waals surface area contributed by atoms with Gasteiger partial charge in [0.2, 0.25) is 0 Å². The Kier molecular flexibility index (Phi) is 6.50. The number of amides is 2. The Hall–Kier alpha value is -3.35. The molecule has 1 fully saturated rings. The van der Waals surface area contributed by atoms with E-state index >= 15 is 0 Å². The summed E-state index contributed by atoms with van der Waals surface area (Å²) < 4.78 is 1.85. The Morgan fingerprint density at radius 3 is 2.61 bits per heavy atom. The van der Waals surface area contributed by atoms with Gasteiger partial charge in [-0.1, -0.05) is 50.2 Å². The minimum Gasteiger partial charge on any atom is -0.356 e. The Labute approximate surface area is 183 Å². The summed E-state index contributed by atoms with van der Waals surface area (Å²) in [6.45, 7) is 7.27. The number of carbonyl (C=O) groups is 1. The van der Waals surface area contributed by atoms with Crippen LogP contribution in [-0.2, 0) is 13.1 Å². The average molecular weight is 419 g/mol. The number of hydrogen-bond donors (Lipinski definition) is 2. The number of pyridine rings is 1. The fourth-order valence-electron chi connectivity index (χ4n) is 3.81. The van der Waals surface area contributed by atoms with Crippen LogP contribution in [0, 0.1) is 0 Å². The zero-order chi connectivity index (χ0) is 21.6. The summed E-state index contributed by atoms with van der Waals surface area (Å²) in [5.74, 6) is 1.94. The van der Waals surface area contributed by atoms with Crippen LogP contribution >= 0.6 is 0 Å². The van der Waals surface area contributed by atoms with Gasteiger partial charge in [0, 0.05) is 37.5 Å². The van der Waals surface area contributed by atoms with Gasteiger partial charge in [-0.3, -0.25) is 5.32 Å². The standard InChI is InChI=1S/C24H30N6O/c1-18(2)21-15-22(30(28-21)17-19-9-4-3-5-10-19)27-24(31)26-16-20-11-8-12-25-23(20)29-13-6-7-14-29/h3-5,8-12,15,18H,6-7,13-14,16-17H2,1-2H3,(H2,26,27,31). The first-order valence-electron chi connectivity index (χ1n) is 11.0. The molecule has 0 radical (unpaired) electrons. The number of aromatic nitrogens is 3. The molecule has 2 N–H and O–H groups in total. The Bertz CT molecular complexity index is 1010. The van der Waals surface area contributed by atoms with Gasteiger partial charge in [-0.2, -0.15) is 5.10 Å². The molecular formula is C24H30N6O. The predicted octanol–water partition coefficient (Wildman–Crippen LogP) is 4.37. The molecule has 1 aliphatic rings. The van der Waals surface area contributed by atoms with Gasteiger partial charge < -0.3 is 10.2 Å². The van der Waals surface area contributed by atoms with Gasteiger partial charge in [-0.05, 0) is 30.4 Å². The molecule has 1 aromatic carbocycles. The first-order valence-corrected chi connectivity index (χ1v) is 11.0. The zero-order valence-electron chi connectivity index (χ0n) is 18.2. The molecule has 3 aromatic rings. The van der Waals surface area contributed by atoms with Gasteiger partial charge in [0.05, 0.1) is 12.2 Å². The second-order valence-corrected chi connectivity index (χ2v) is 8.24. The van der Waals surface area contributed by atoms with Gasteiger partial charge in [-0.25, -0.2) is 14.5 Å². The van der Waals surface area contributed by atoms with E-state index in [0.717, 1.165) is 35.7 Å². The van der Waals surface area contributed by atoms with Crippen LogP contribution in [-0.4, -0.2) is 33.9 Å². The van der Waals surface area contributed by atoms with Gasteiger partial charge in [0.1, 0.15) is 11.6 Å². The lowest BCUT2D eigenvalue weighted by molar-refractivity contribution is 0.251. The molecule has 1 saturated heterocycles. The molecule has 7 nitrogen and oxygen atoms in total. The van der Waals surface area contributed by atoms with Crippen LogP contribution in [0.2, 0.25) is 0 Å². The van der Waals surface area contributed by atoms with Gasteiger partial charge >= 0.3 is 6.03 Å². The number of carbonyl (C=O) groups excluding carboxylic acids is 1. The molecule has 0 spiro atoms. The third-order valence-electron chi connectivity index (χ3n) is 5.52. The smallest absolute Gasteiger partial charge is 0.320 e. The molecule has 2 amide bonds. The Balaban J connectivity index is 1.44. The minimum absolute atomic E-state index is 0.249. The second kappa shape index (κ2) is 9.64. The van der Waals surface area contributed by atoms with Crippen molar-refractivity contribution in [2.24, 2.45) is 0 Å². The van der Waals surface area contributed by atoms with E-state index < -0.39 is 0 Å². The maximum atomic E-state index is 12.7. The van der Waals surface area contributed by atoms with Crippen molar-refractivity contribution >= 4 is 17.7 Å². The molecule has 0 bridgehead atoms. The second-order valence-electron chi connectivity index (χ2n) is 8.24. The number of nitrogens with one attached hydrogen (secondary N) is 2. The lowest BCUT2D eigenvalue weighted by Crippen LogP contribution is -2.30. The maximum Gasteiger partial charge on any atom is 0.320 e. The van der Waals surface area contributed by atoms with Gasteiger partial charge in [0.15, 0.2) is 0 Å². The normalized spacial score (nSPS) is 13.6. The quantitative estimate of drug-likeness (QED) is 0.597. The first kappa shape index (κ1) is 20.9. The Morgan fingerprint density at radius 1 is 1.10 bits per heavy atom. The van der Waals surface area contributed by atoms with Crippen molar-refractivity contribution in [1.82, 2.24) is 20.1 Å². The van der Waals surface area contributed by atoms with Crippen molar-refractivity contribution in [3.8, 4) is 0 Å². The number of hydrogen-bond acceptors (Lipinski definition) is 4. The van der Waals surface area contributed by atoms with E-state index in [1.54, 1.807) is 0 Å². The highest BCUT2D eigenvalue weighted by Gasteiger charge is 2.18. The summed E-state index contributed by atoms with van der Waals surface area (Å²) in [4.78, 5) is 19.5. The summed E-state index contributed by atoms with van der Waals surface area (Å²) in [5.41, 5.74) is 3.12. The van der Waals surface area contributed by atoms with Crippen LogP contribution in [0.15, 0.2) is 54.7 Å². The number of benzene rings is 1. The highest BCUT2D eigenvalue weighted by molar-refractivity contribution is 5.88. The minimum atomic E-state index is -0.249. The molecule has 7 heteroatoms. The molecule has 4 rings (SSSR count). The van der Waals surface area contributed by atoms with E-state index in [0.29, 0.717) is 18.9 Å². The van der Waals surface area contributed by atoms with E-state index in [-0.39, 0.29) is 11.9 Å². The largest absolute Gasteiger partial charge is 0.356 e.